The summed E-state index contributed by atoms with van der Waals surface area (Å²) in [5.74, 6) is 0.573. The number of ether oxygens (including phenoxy) is 2. The Balaban J connectivity index is 2.10. The number of carboxylic acid groups (broad SMARTS) is 1. The molecule has 122 valence electrons. The first-order valence-corrected chi connectivity index (χ1v) is 8.26. The van der Waals surface area contributed by atoms with E-state index < -0.39 is 5.97 Å². The molecule has 1 unspecified atom stereocenters. The van der Waals surface area contributed by atoms with Crippen molar-refractivity contribution in [1.82, 2.24) is 4.90 Å². The Morgan fingerprint density at radius 2 is 2.09 bits per heavy atom. The lowest BCUT2D eigenvalue weighted by Crippen LogP contribution is -2.39. The van der Waals surface area contributed by atoms with Gasteiger partial charge in [0.2, 0.25) is 0 Å². The molecule has 0 aliphatic carbocycles. The summed E-state index contributed by atoms with van der Waals surface area (Å²) in [7, 11) is 3.24. The maximum Gasteiger partial charge on any atom is 0.317 e. The number of methoxy groups -OCH3 is 2. The van der Waals surface area contributed by atoms with Crippen LogP contribution in [0, 0.1) is 0 Å². The van der Waals surface area contributed by atoms with Gasteiger partial charge in [-0.1, -0.05) is 6.07 Å². The Bertz CT molecular complexity index is 699. The van der Waals surface area contributed by atoms with Gasteiger partial charge < -0.3 is 14.6 Å². The summed E-state index contributed by atoms with van der Waals surface area (Å²) in [6, 6.07) is 7.97. The lowest BCUT2D eigenvalue weighted by atomic mass is 9.91. The maximum atomic E-state index is 11.2. The minimum atomic E-state index is -0.810. The van der Waals surface area contributed by atoms with Gasteiger partial charge in [0.1, 0.15) is 0 Å². The van der Waals surface area contributed by atoms with Crippen molar-refractivity contribution in [2.75, 3.05) is 27.3 Å². The minimum absolute atomic E-state index is 0.0242. The molecule has 0 amide bonds. The first-order valence-electron chi connectivity index (χ1n) is 7.38. The molecule has 0 saturated carbocycles. The molecular formula is C17H19NO4S. The molecular weight excluding hydrogens is 314 g/mol. The molecule has 0 spiro atoms. The molecule has 0 saturated heterocycles. The molecule has 1 aromatic heterocycles. The Kier molecular flexibility index (Phi) is 4.54. The fourth-order valence-electron chi connectivity index (χ4n) is 3.12. The third-order valence-corrected chi connectivity index (χ3v) is 5.05. The Labute approximate surface area is 139 Å². The molecule has 3 rings (SSSR count). The summed E-state index contributed by atoms with van der Waals surface area (Å²) < 4.78 is 10.8. The van der Waals surface area contributed by atoms with Crippen molar-refractivity contribution in [2.45, 2.75) is 12.5 Å². The third-order valence-electron chi connectivity index (χ3n) is 4.12. The highest BCUT2D eigenvalue weighted by Crippen LogP contribution is 2.41. The lowest BCUT2D eigenvalue weighted by molar-refractivity contribution is -0.138. The quantitative estimate of drug-likeness (QED) is 0.912. The number of aliphatic carboxylic acids is 1. The fraction of sp³-hybridized carbons (Fsp3) is 0.353. The van der Waals surface area contributed by atoms with E-state index in [1.165, 1.54) is 5.56 Å². The molecule has 2 aromatic rings. The van der Waals surface area contributed by atoms with Crippen LogP contribution in [-0.4, -0.2) is 43.3 Å². The first-order chi connectivity index (χ1) is 11.1. The van der Waals surface area contributed by atoms with Gasteiger partial charge in [0.25, 0.3) is 0 Å². The van der Waals surface area contributed by atoms with Crippen molar-refractivity contribution in [2.24, 2.45) is 0 Å². The van der Waals surface area contributed by atoms with Gasteiger partial charge in [-0.25, -0.2) is 0 Å². The average molecular weight is 333 g/mol. The van der Waals surface area contributed by atoms with E-state index in [1.54, 1.807) is 25.6 Å². The molecule has 1 aromatic carbocycles. The number of carbonyl (C=O) groups is 1. The maximum absolute atomic E-state index is 11.2. The highest BCUT2D eigenvalue weighted by atomic mass is 32.1. The van der Waals surface area contributed by atoms with Crippen LogP contribution in [0.4, 0.5) is 0 Å². The number of hydrogen-bond donors (Lipinski definition) is 1. The van der Waals surface area contributed by atoms with Crippen LogP contribution in [0.5, 0.6) is 11.5 Å². The van der Waals surface area contributed by atoms with Crippen LogP contribution in [0.25, 0.3) is 0 Å². The van der Waals surface area contributed by atoms with Gasteiger partial charge in [0.05, 0.1) is 26.8 Å². The van der Waals surface area contributed by atoms with Crippen molar-refractivity contribution >= 4 is 17.3 Å². The zero-order valence-corrected chi connectivity index (χ0v) is 13.9. The number of benzene rings is 1. The minimum Gasteiger partial charge on any atom is -0.493 e. The number of rotatable bonds is 5. The van der Waals surface area contributed by atoms with Crippen molar-refractivity contribution in [3.05, 3.63) is 45.6 Å². The molecule has 1 aliphatic heterocycles. The molecule has 6 heteroatoms. The van der Waals surface area contributed by atoms with Crippen LogP contribution in [0.2, 0.25) is 0 Å². The predicted octanol–water partition coefficient (Wildman–Crippen LogP) is 2.80. The Morgan fingerprint density at radius 3 is 2.70 bits per heavy atom. The number of nitrogens with zero attached hydrogens (tertiary/aromatic N) is 1. The van der Waals surface area contributed by atoms with Crippen LogP contribution in [0.3, 0.4) is 0 Å². The van der Waals surface area contributed by atoms with E-state index in [4.69, 9.17) is 9.47 Å². The molecule has 1 N–H and O–H groups in total. The molecule has 0 fully saturated rings. The zero-order chi connectivity index (χ0) is 16.4. The summed E-state index contributed by atoms with van der Waals surface area (Å²) in [5, 5.41) is 11.2. The van der Waals surface area contributed by atoms with E-state index in [1.807, 2.05) is 28.5 Å². The van der Waals surface area contributed by atoms with Gasteiger partial charge in [-0.05, 0) is 41.1 Å². The standard InChI is InChI=1S/C17H19NO4S/c1-21-13-8-11-5-6-18(10-16(19)20)17(15-4-3-7-23-15)12(11)9-14(13)22-2/h3-4,7-9,17H,5-6,10H2,1-2H3,(H,19,20). The highest BCUT2D eigenvalue weighted by molar-refractivity contribution is 7.10. The van der Waals surface area contributed by atoms with Crippen LogP contribution in [0.15, 0.2) is 29.6 Å². The van der Waals surface area contributed by atoms with Crippen LogP contribution in [-0.2, 0) is 11.2 Å². The van der Waals surface area contributed by atoms with Crippen molar-refractivity contribution in [3.8, 4) is 11.5 Å². The fourth-order valence-corrected chi connectivity index (χ4v) is 4.00. The normalized spacial score (nSPS) is 17.6. The molecule has 0 radical (unpaired) electrons. The number of thiophene rings is 1. The molecule has 1 aliphatic rings. The van der Waals surface area contributed by atoms with E-state index in [2.05, 4.69) is 6.07 Å². The van der Waals surface area contributed by atoms with Gasteiger partial charge in [-0.2, -0.15) is 0 Å². The second kappa shape index (κ2) is 6.60. The van der Waals surface area contributed by atoms with Crippen molar-refractivity contribution < 1.29 is 19.4 Å². The van der Waals surface area contributed by atoms with Crippen molar-refractivity contribution in [3.63, 3.8) is 0 Å². The summed E-state index contributed by atoms with van der Waals surface area (Å²) >= 11 is 1.64. The third kappa shape index (κ3) is 3.04. The number of carboxylic acids is 1. The summed E-state index contributed by atoms with van der Waals surface area (Å²) in [6.07, 6.45) is 0.796. The van der Waals surface area contributed by atoms with E-state index in [9.17, 15) is 9.90 Å². The average Bonchev–Trinajstić information content (AvgIpc) is 3.06. The van der Waals surface area contributed by atoms with Gasteiger partial charge in [0.15, 0.2) is 11.5 Å². The number of fused-ring (bicyclic) bond motifs is 1. The summed E-state index contributed by atoms with van der Waals surface area (Å²) in [5.41, 5.74) is 2.28. The van der Waals surface area contributed by atoms with E-state index in [0.717, 1.165) is 16.9 Å². The zero-order valence-electron chi connectivity index (χ0n) is 13.1. The molecule has 23 heavy (non-hydrogen) atoms. The second-order valence-corrected chi connectivity index (χ2v) is 6.42. The van der Waals surface area contributed by atoms with Crippen molar-refractivity contribution in [1.29, 1.82) is 0 Å². The smallest absolute Gasteiger partial charge is 0.317 e. The second-order valence-electron chi connectivity index (χ2n) is 5.44. The Hall–Kier alpha value is -2.05. The summed E-state index contributed by atoms with van der Waals surface area (Å²) in [6.45, 7) is 0.730. The molecule has 1 atom stereocenters. The van der Waals surface area contributed by atoms with Gasteiger partial charge in [-0.15, -0.1) is 11.3 Å². The van der Waals surface area contributed by atoms with Crippen LogP contribution < -0.4 is 9.47 Å². The van der Waals surface area contributed by atoms with Gasteiger partial charge in [-0.3, -0.25) is 9.69 Å². The molecule has 2 heterocycles. The van der Waals surface area contributed by atoms with Crippen LogP contribution in [0.1, 0.15) is 22.0 Å². The first kappa shape index (κ1) is 15.8. The molecule has 5 nitrogen and oxygen atoms in total. The predicted molar refractivity (Wildman–Crippen MR) is 88.6 cm³/mol. The van der Waals surface area contributed by atoms with Gasteiger partial charge in [0, 0.05) is 11.4 Å². The van der Waals surface area contributed by atoms with E-state index >= 15 is 0 Å². The topological polar surface area (TPSA) is 59.0 Å². The van der Waals surface area contributed by atoms with Crippen LogP contribution >= 0.6 is 11.3 Å². The summed E-state index contributed by atoms with van der Waals surface area (Å²) in [4.78, 5) is 14.4. The van der Waals surface area contributed by atoms with Gasteiger partial charge >= 0.3 is 5.97 Å². The monoisotopic (exact) mass is 333 g/mol. The Morgan fingerprint density at radius 1 is 1.35 bits per heavy atom. The molecule has 0 bridgehead atoms. The highest BCUT2D eigenvalue weighted by Gasteiger charge is 2.32. The lowest BCUT2D eigenvalue weighted by Gasteiger charge is -2.36. The van der Waals surface area contributed by atoms with E-state index in [-0.39, 0.29) is 12.6 Å². The van der Waals surface area contributed by atoms with E-state index in [0.29, 0.717) is 18.0 Å². The SMILES string of the molecule is COc1cc2c(cc1OC)C(c1cccs1)N(CC(=O)O)CC2. The number of hydrogen-bond acceptors (Lipinski definition) is 5. The largest absolute Gasteiger partial charge is 0.493 e.